The SMILES string of the molecule is O=C(CSc1nnc(-c2ccccc2F)o1)N(C1CCCCC1)[C@@H]1CCS(=O)(=O)C1. The van der Waals surface area contributed by atoms with E-state index in [1.54, 1.807) is 18.2 Å². The average molecular weight is 454 g/mol. The van der Waals surface area contributed by atoms with Gasteiger partial charge in [-0.05, 0) is 31.4 Å². The maximum absolute atomic E-state index is 13.9. The van der Waals surface area contributed by atoms with Crippen LogP contribution in [0.5, 0.6) is 0 Å². The van der Waals surface area contributed by atoms with E-state index in [4.69, 9.17) is 4.42 Å². The molecule has 0 radical (unpaired) electrons. The van der Waals surface area contributed by atoms with Crippen molar-refractivity contribution in [2.24, 2.45) is 0 Å². The van der Waals surface area contributed by atoms with E-state index in [1.807, 2.05) is 4.90 Å². The number of nitrogens with zero attached hydrogens (tertiary/aromatic N) is 3. The van der Waals surface area contributed by atoms with Crippen molar-refractivity contribution in [2.45, 2.75) is 55.8 Å². The largest absolute Gasteiger partial charge is 0.411 e. The molecule has 1 aliphatic carbocycles. The number of hydrogen-bond acceptors (Lipinski definition) is 7. The summed E-state index contributed by atoms with van der Waals surface area (Å²) in [6.45, 7) is 0. The first-order chi connectivity index (χ1) is 14.4. The van der Waals surface area contributed by atoms with Gasteiger partial charge in [0.1, 0.15) is 5.82 Å². The molecule has 1 amide bonds. The van der Waals surface area contributed by atoms with Crippen molar-refractivity contribution in [3.63, 3.8) is 0 Å². The highest BCUT2D eigenvalue weighted by Gasteiger charge is 2.38. The highest BCUT2D eigenvalue weighted by molar-refractivity contribution is 7.99. The summed E-state index contributed by atoms with van der Waals surface area (Å²) >= 11 is 1.10. The van der Waals surface area contributed by atoms with Crippen LogP contribution in [0, 0.1) is 5.82 Å². The summed E-state index contributed by atoms with van der Waals surface area (Å²) in [6.07, 6.45) is 5.56. The zero-order chi connectivity index (χ0) is 21.1. The zero-order valence-corrected chi connectivity index (χ0v) is 18.1. The van der Waals surface area contributed by atoms with Crippen LogP contribution in [0.1, 0.15) is 38.5 Å². The highest BCUT2D eigenvalue weighted by atomic mass is 32.2. The minimum Gasteiger partial charge on any atom is -0.411 e. The summed E-state index contributed by atoms with van der Waals surface area (Å²) in [5.41, 5.74) is 0.211. The summed E-state index contributed by atoms with van der Waals surface area (Å²) in [4.78, 5) is 14.9. The number of carbonyl (C=O) groups excluding carboxylic acids is 1. The predicted octanol–water partition coefficient (Wildman–Crippen LogP) is 3.32. The molecule has 7 nitrogen and oxygen atoms in total. The number of rotatable bonds is 6. The standard InChI is InChI=1S/C20H24FN3O4S2/c21-17-9-5-4-8-16(17)19-22-23-20(28-19)29-12-18(25)24(14-6-2-1-3-7-14)15-10-11-30(26,27)13-15/h4-5,8-9,14-15H,1-3,6-7,10-13H2/t15-/m1/s1. The van der Waals surface area contributed by atoms with Gasteiger partial charge < -0.3 is 9.32 Å². The summed E-state index contributed by atoms with van der Waals surface area (Å²) in [6, 6.07) is 5.94. The first-order valence-corrected chi connectivity index (χ1v) is 13.0. The molecule has 0 unspecified atom stereocenters. The van der Waals surface area contributed by atoms with Crippen molar-refractivity contribution in [3.8, 4) is 11.5 Å². The van der Waals surface area contributed by atoms with Crippen molar-refractivity contribution in [2.75, 3.05) is 17.3 Å². The first-order valence-electron chi connectivity index (χ1n) is 10.2. The van der Waals surface area contributed by atoms with Crippen LogP contribution in [-0.2, 0) is 14.6 Å². The van der Waals surface area contributed by atoms with Gasteiger partial charge in [0.2, 0.25) is 5.91 Å². The van der Waals surface area contributed by atoms with Gasteiger partial charge in [-0.15, -0.1) is 10.2 Å². The number of benzene rings is 1. The molecule has 2 aromatic rings. The second kappa shape index (κ2) is 9.05. The van der Waals surface area contributed by atoms with Gasteiger partial charge in [0.25, 0.3) is 11.1 Å². The van der Waals surface area contributed by atoms with Crippen molar-refractivity contribution in [1.29, 1.82) is 0 Å². The van der Waals surface area contributed by atoms with E-state index >= 15 is 0 Å². The molecule has 10 heteroatoms. The molecular weight excluding hydrogens is 429 g/mol. The van der Waals surface area contributed by atoms with Gasteiger partial charge in [-0.1, -0.05) is 43.2 Å². The molecule has 0 spiro atoms. The number of sulfone groups is 1. The van der Waals surface area contributed by atoms with E-state index in [0.29, 0.717) is 6.42 Å². The fourth-order valence-corrected chi connectivity index (χ4v) is 6.61. The van der Waals surface area contributed by atoms with Crippen LogP contribution in [0.4, 0.5) is 4.39 Å². The normalized spacial score (nSPS) is 21.6. The summed E-state index contributed by atoms with van der Waals surface area (Å²) in [5, 5.41) is 7.97. The van der Waals surface area contributed by atoms with Gasteiger partial charge in [0.05, 0.1) is 22.8 Å². The van der Waals surface area contributed by atoms with Crippen LogP contribution in [0.3, 0.4) is 0 Å². The van der Waals surface area contributed by atoms with E-state index < -0.39 is 15.7 Å². The van der Waals surface area contributed by atoms with E-state index in [1.165, 1.54) is 6.07 Å². The molecule has 2 heterocycles. The smallest absolute Gasteiger partial charge is 0.277 e. The summed E-state index contributed by atoms with van der Waals surface area (Å²) in [5.74, 6) is -0.255. The Bertz CT molecular complexity index is 1000. The Kier molecular flexibility index (Phi) is 6.43. The average Bonchev–Trinajstić information content (AvgIpc) is 3.34. The molecule has 1 aromatic heterocycles. The number of amides is 1. The van der Waals surface area contributed by atoms with E-state index in [0.717, 1.165) is 43.9 Å². The maximum Gasteiger partial charge on any atom is 0.277 e. The van der Waals surface area contributed by atoms with Crippen LogP contribution >= 0.6 is 11.8 Å². The minimum atomic E-state index is -3.09. The quantitative estimate of drug-likeness (QED) is 0.620. The Morgan fingerprint density at radius 2 is 1.90 bits per heavy atom. The van der Waals surface area contributed by atoms with E-state index in [-0.39, 0.29) is 51.9 Å². The fourth-order valence-electron chi connectivity index (χ4n) is 4.27. The number of hydrogen-bond donors (Lipinski definition) is 0. The van der Waals surface area contributed by atoms with E-state index in [2.05, 4.69) is 10.2 Å². The third kappa shape index (κ3) is 4.85. The molecule has 2 aliphatic rings. The van der Waals surface area contributed by atoms with Crippen molar-refractivity contribution >= 4 is 27.5 Å². The third-order valence-corrected chi connectivity index (χ3v) is 8.24. The second-order valence-corrected chi connectivity index (χ2v) is 10.9. The number of aromatic nitrogens is 2. The Labute approximate surface area is 179 Å². The van der Waals surface area contributed by atoms with Crippen molar-refractivity contribution < 1.29 is 22.0 Å². The van der Waals surface area contributed by atoms with Crippen molar-refractivity contribution in [3.05, 3.63) is 30.1 Å². The monoisotopic (exact) mass is 453 g/mol. The zero-order valence-electron chi connectivity index (χ0n) is 16.5. The molecule has 1 aliphatic heterocycles. The maximum atomic E-state index is 13.9. The van der Waals surface area contributed by atoms with Crippen LogP contribution in [0.2, 0.25) is 0 Å². The lowest BCUT2D eigenvalue weighted by Crippen LogP contribution is -2.49. The van der Waals surface area contributed by atoms with Gasteiger partial charge in [-0.2, -0.15) is 0 Å². The molecule has 0 bridgehead atoms. The van der Waals surface area contributed by atoms with Crippen LogP contribution in [0.25, 0.3) is 11.5 Å². The topological polar surface area (TPSA) is 93.4 Å². The molecule has 4 rings (SSSR count). The molecule has 2 fully saturated rings. The molecule has 1 saturated heterocycles. The van der Waals surface area contributed by atoms with Gasteiger partial charge in [0, 0.05) is 12.1 Å². The summed E-state index contributed by atoms with van der Waals surface area (Å²) < 4.78 is 43.4. The van der Waals surface area contributed by atoms with Gasteiger partial charge in [-0.25, -0.2) is 12.8 Å². The number of halogens is 1. The minimum absolute atomic E-state index is 0.0396. The Balaban J connectivity index is 1.44. The Morgan fingerprint density at radius 1 is 1.13 bits per heavy atom. The van der Waals surface area contributed by atoms with Crippen LogP contribution in [0.15, 0.2) is 33.9 Å². The van der Waals surface area contributed by atoms with E-state index in [9.17, 15) is 17.6 Å². The molecule has 1 aromatic carbocycles. The van der Waals surface area contributed by atoms with Gasteiger partial charge in [-0.3, -0.25) is 4.79 Å². The lowest BCUT2D eigenvalue weighted by Gasteiger charge is -2.38. The molecule has 162 valence electrons. The molecular formula is C20H24FN3O4S2. The Hall–Kier alpha value is -1.94. The molecule has 1 saturated carbocycles. The lowest BCUT2D eigenvalue weighted by molar-refractivity contribution is -0.133. The second-order valence-electron chi connectivity index (χ2n) is 7.79. The fraction of sp³-hybridized carbons (Fsp3) is 0.550. The summed E-state index contributed by atoms with van der Waals surface area (Å²) in [7, 11) is -3.09. The highest BCUT2D eigenvalue weighted by Crippen LogP contribution is 2.30. The third-order valence-electron chi connectivity index (χ3n) is 5.69. The lowest BCUT2D eigenvalue weighted by atomic mass is 9.93. The number of carbonyl (C=O) groups is 1. The Morgan fingerprint density at radius 3 is 2.60 bits per heavy atom. The molecule has 1 atom stereocenters. The first kappa shape index (κ1) is 21.3. The van der Waals surface area contributed by atoms with Crippen LogP contribution < -0.4 is 0 Å². The predicted molar refractivity (Wildman–Crippen MR) is 111 cm³/mol. The molecule has 30 heavy (non-hydrogen) atoms. The van der Waals surface area contributed by atoms with Crippen molar-refractivity contribution in [1.82, 2.24) is 15.1 Å². The number of thioether (sulfide) groups is 1. The molecule has 0 N–H and O–H groups in total. The van der Waals surface area contributed by atoms with Gasteiger partial charge in [0.15, 0.2) is 9.84 Å². The van der Waals surface area contributed by atoms with Gasteiger partial charge >= 0.3 is 0 Å². The van der Waals surface area contributed by atoms with Crippen LogP contribution in [-0.4, -0.2) is 58.8 Å².